The Balaban J connectivity index is 1.59. The van der Waals surface area contributed by atoms with Gasteiger partial charge in [0.05, 0.1) is 17.8 Å². The van der Waals surface area contributed by atoms with Gasteiger partial charge < -0.3 is 20.5 Å². The molecule has 0 aliphatic carbocycles. The SMILES string of the molecule is CC(=O)c1cn(CC(=O)N2C[C@H](F)C[C@H]2C(=O)NCc2cccc(Cl)c2F)c2cc(C(N)=NS(C)(=O)=O)ccc12. The maximum absolute atomic E-state index is 14.4. The first-order valence-electron chi connectivity index (χ1n) is 12.1. The van der Waals surface area contributed by atoms with Crippen LogP contribution in [0, 0.1) is 5.82 Å². The summed E-state index contributed by atoms with van der Waals surface area (Å²) in [7, 11) is -3.78. The molecule has 2 aromatic carbocycles. The number of amidine groups is 1. The first kappa shape index (κ1) is 29.2. The van der Waals surface area contributed by atoms with Crippen molar-refractivity contribution in [1.82, 2.24) is 14.8 Å². The standard InChI is InChI=1S/C26H26ClF2N5O5S/c1-14(35)19-12-33(21-8-15(6-7-18(19)21)25(30)32-40(2,38)39)13-23(36)34-11-17(28)9-22(34)26(37)31-10-16-4-3-5-20(27)24(16)29/h3-8,12,17,22H,9-11,13H2,1-2H3,(H2,30,32)(H,31,37)/t17-,22+/m1/s1. The minimum Gasteiger partial charge on any atom is -0.383 e. The molecule has 14 heteroatoms. The van der Waals surface area contributed by atoms with Gasteiger partial charge in [0.25, 0.3) is 10.0 Å². The van der Waals surface area contributed by atoms with Crippen LogP contribution in [0.1, 0.15) is 34.8 Å². The highest BCUT2D eigenvalue weighted by atomic mass is 35.5. The number of carbonyl (C=O) groups excluding carboxylic acids is 3. The second-order valence-electron chi connectivity index (χ2n) is 9.49. The number of nitrogens with zero attached hydrogens (tertiary/aromatic N) is 3. The number of nitrogens with two attached hydrogens (primary N) is 1. The summed E-state index contributed by atoms with van der Waals surface area (Å²) >= 11 is 5.78. The number of sulfonamides is 1. The number of benzene rings is 2. The Morgan fingerprint density at radius 3 is 2.62 bits per heavy atom. The highest BCUT2D eigenvalue weighted by Crippen LogP contribution is 2.26. The smallest absolute Gasteiger partial charge is 0.252 e. The lowest BCUT2D eigenvalue weighted by Crippen LogP contribution is -2.46. The van der Waals surface area contributed by atoms with Gasteiger partial charge in [-0.15, -0.1) is 4.40 Å². The fourth-order valence-corrected chi connectivity index (χ4v) is 5.28. The number of hydrogen-bond acceptors (Lipinski definition) is 5. The van der Waals surface area contributed by atoms with Gasteiger partial charge in [0.2, 0.25) is 11.8 Å². The third-order valence-corrected chi connectivity index (χ3v) is 7.31. The van der Waals surface area contributed by atoms with Crippen molar-refractivity contribution in [3.05, 3.63) is 70.1 Å². The van der Waals surface area contributed by atoms with Gasteiger partial charge in [0.1, 0.15) is 30.4 Å². The second kappa shape index (κ2) is 11.3. The predicted molar refractivity (Wildman–Crippen MR) is 146 cm³/mol. The van der Waals surface area contributed by atoms with Crippen LogP contribution in [0.25, 0.3) is 10.9 Å². The van der Waals surface area contributed by atoms with Crippen LogP contribution in [0.4, 0.5) is 8.78 Å². The summed E-state index contributed by atoms with van der Waals surface area (Å²) < 4.78 is 56.6. The number of hydrogen-bond donors (Lipinski definition) is 2. The fourth-order valence-electron chi connectivity index (χ4n) is 4.62. The zero-order chi connectivity index (χ0) is 29.4. The minimum atomic E-state index is -3.78. The summed E-state index contributed by atoms with van der Waals surface area (Å²) in [5.74, 6) is -2.49. The van der Waals surface area contributed by atoms with E-state index in [2.05, 4.69) is 9.71 Å². The number of carbonyl (C=O) groups is 3. The number of halogens is 3. The fraction of sp³-hybridized carbons (Fsp3) is 0.308. The van der Waals surface area contributed by atoms with Crippen LogP contribution >= 0.6 is 11.6 Å². The topological polar surface area (TPSA) is 144 Å². The quantitative estimate of drug-likeness (QED) is 0.233. The van der Waals surface area contributed by atoms with Crippen LogP contribution in [0.15, 0.2) is 47.0 Å². The molecule has 1 fully saturated rings. The van der Waals surface area contributed by atoms with Gasteiger partial charge in [-0.3, -0.25) is 14.4 Å². The molecule has 1 aliphatic heterocycles. The number of fused-ring (bicyclic) bond motifs is 1. The lowest BCUT2D eigenvalue weighted by Gasteiger charge is -2.24. The Labute approximate surface area is 233 Å². The van der Waals surface area contributed by atoms with E-state index in [4.69, 9.17) is 17.3 Å². The average Bonchev–Trinajstić information content (AvgIpc) is 3.44. The van der Waals surface area contributed by atoms with Gasteiger partial charge in [-0.05, 0) is 19.1 Å². The first-order chi connectivity index (χ1) is 18.7. The molecular formula is C26H26ClF2N5O5S. The van der Waals surface area contributed by atoms with Crippen molar-refractivity contribution >= 4 is 56.0 Å². The minimum absolute atomic E-state index is 0.107. The number of likely N-dealkylation sites (tertiary alicyclic amines) is 1. The molecule has 10 nitrogen and oxygen atoms in total. The van der Waals surface area contributed by atoms with Crippen LogP contribution in [0.3, 0.4) is 0 Å². The van der Waals surface area contributed by atoms with E-state index in [1.807, 2.05) is 0 Å². The van der Waals surface area contributed by atoms with Gasteiger partial charge in [-0.25, -0.2) is 17.2 Å². The van der Waals surface area contributed by atoms with E-state index in [1.54, 1.807) is 6.07 Å². The van der Waals surface area contributed by atoms with Gasteiger partial charge >= 0.3 is 0 Å². The largest absolute Gasteiger partial charge is 0.383 e. The molecule has 3 aromatic rings. The van der Waals surface area contributed by atoms with E-state index < -0.39 is 39.9 Å². The Bertz CT molecular complexity index is 1660. The number of Topliss-reactive ketones (excluding diaryl/α,β-unsaturated/α-hetero) is 1. The zero-order valence-corrected chi connectivity index (χ0v) is 23.1. The van der Waals surface area contributed by atoms with Crippen LogP contribution in [0.5, 0.6) is 0 Å². The Morgan fingerprint density at radius 1 is 1.23 bits per heavy atom. The summed E-state index contributed by atoms with van der Waals surface area (Å²) in [6, 6.07) is 7.76. The molecule has 2 atom stereocenters. The van der Waals surface area contributed by atoms with Crippen molar-refractivity contribution in [3.63, 3.8) is 0 Å². The highest BCUT2D eigenvalue weighted by molar-refractivity contribution is 7.89. The molecule has 1 aromatic heterocycles. The maximum Gasteiger partial charge on any atom is 0.252 e. The average molecular weight is 594 g/mol. The molecular weight excluding hydrogens is 568 g/mol. The van der Waals surface area contributed by atoms with Gasteiger partial charge in [-0.1, -0.05) is 35.9 Å². The molecule has 2 amide bonds. The highest BCUT2D eigenvalue weighted by Gasteiger charge is 2.39. The molecule has 0 spiro atoms. The van der Waals surface area contributed by atoms with Crippen LogP contribution in [-0.2, 0) is 32.7 Å². The molecule has 3 N–H and O–H groups in total. The normalized spacial score (nSPS) is 17.8. The Morgan fingerprint density at radius 2 is 1.95 bits per heavy atom. The molecule has 1 saturated heterocycles. The number of rotatable bonds is 8. The van der Waals surface area contributed by atoms with Crippen molar-refractivity contribution in [1.29, 1.82) is 0 Å². The van der Waals surface area contributed by atoms with Gasteiger partial charge in [0.15, 0.2) is 5.78 Å². The van der Waals surface area contributed by atoms with Gasteiger partial charge in [0, 0.05) is 46.8 Å². The van der Waals surface area contributed by atoms with Crippen molar-refractivity contribution in [2.24, 2.45) is 10.1 Å². The van der Waals surface area contributed by atoms with E-state index in [0.717, 1.165) is 11.2 Å². The number of amides is 2. The Hall–Kier alpha value is -3.84. The monoisotopic (exact) mass is 593 g/mol. The molecule has 212 valence electrons. The van der Waals surface area contributed by atoms with E-state index in [-0.39, 0.29) is 53.8 Å². The van der Waals surface area contributed by atoms with Crippen LogP contribution < -0.4 is 11.1 Å². The first-order valence-corrected chi connectivity index (χ1v) is 14.3. The van der Waals surface area contributed by atoms with Crippen molar-refractivity contribution < 1.29 is 31.6 Å². The van der Waals surface area contributed by atoms with Crippen LogP contribution in [-0.4, -0.2) is 66.3 Å². The molecule has 2 heterocycles. The zero-order valence-electron chi connectivity index (χ0n) is 21.5. The van der Waals surface area contributed by atoms with E-state index in [9.17, 15) is 31.6 Å². The Kier molecular flexibility index (Phi) is 8.26. The van der Waals surface area contributed by atoms with E-state index >= 15 is 0 Å². The summed E-state index contributed by atoms with van der Waals surface area (Å²) in [6.45, 7) is 0.478. The predicted octanol–water partition coefficient (Wildman–Crippen LogP) is 2.56. The summed E-state index contributed by atoms with van der Waals surface area (Å²) in [6.07, 6.45) is 0.664. The summed E-state index contributed by atoms with van der Waals surface area (Å²) in [4.78, 5) is 39.6. The van der Waals surface area contributed by atoms with Crippen molar-refractivity contribution in [3.8, 4) is 0 Å². The third kappa shape index (κ3) is 6.31. The number of nitrogens with one attached hydrogen (secondary N) is 1. The number of alkyl halides is 1. The lowest BCUT2D eigenvalue weighted by molar-refractivity contribution is -0.139. The summed E-state index contributed by atoms with van der Waals surface area (Å²) in [5.41, 5.74) is 6.92. The number of ketones is 1. The number of aromatic nitrogens is 1. The van der Waals surface area contributed by atoms with E-state index in [0.29, 0.717) is 16.5 Å². The van der Waals surface area contributed by atoms with Crippen molar-refractivity contribution in [2.45, 2.75) is 38.6 Å². The molecule has 0 bridgehead atoms. The summed E-state index contributed by atoms with van der Waals surface area (Å²) in [5, 5.41) is 2.92. The third-order valence-electron chi connectivity index (χ3n) is 6.48. The molecule has 0 saturated carbocycles. The molecule has 0 radical (unpaired) electrons. The molecule has 40 heavy (non-hydrogen) atoms. The second-order valence-corrected chi connectivity index (χ2v) is 11.5. The van der Waals surface area contributed by atoms with Crippen LogP contribution in [0.2, 0.25) is 5.02 Å². The van der Waals surface area contributed by atoms with E-state index in [1.165, 1.54) is 48.0 Å². The molecule has 0 unspecified atom stereocenters. The molecule has 4 rings (SSSR count). The van der Waals surface area contributed by atoms with Crippen molar-refractivity contribution in [2.75, 3.05) is 12.8 Å². The lowest BCUT2D eigenvalue weighted by atomic mass is 10.1. The van der Waals surface area contributed by atoms with Gasteiger partial charge in [-0.2, -0.15) is 0 Å². The maximum atomic E-state index is 14.4. The molecule has 1 aliphatic rings.